The summed E-state index contributed by atoms with van der Waals surface area (Å²) in [5.41, 5.74) is 1.30. The van der Waals surface area contributed by atoms with Gasteiger partial charge in [0.15, 0.2) is 5.96 Å². The van der Waals surface area contributed by atoms with Crippen LogP contribution in [-0.4, -0.2) is 55.1 Å². The topological polar surface area (TPSA) is 56.9 Å². The van der Waals surface area contributed by atoms with Crippen molar-refractivity contribution in [1.29, 1.82) is 0 Å². The normalized spacial score (nSPS) is 16.0. The molecule has 172 valence electrons. The lowest BCUT2D eigenvalue weighted by molar-refractivity contribution is 0.337. The Morgan fingerprint density at radius 1 is 1.29 bits per heavy atom. The first-order chi connectivity index (χ1) is 14.7. The van der Waals surface area contributed by atoms with Crippen molar-refractivity contribution < 1.29 is 4.42 Å². The van der Waals surface area contributed by atoms with E-state index in [1.165, 1.54) is 24.9 Å². The molecule has 3 rings (SSSR count). The van der Waals surface area contributed by atoms with Crippen molar-refractivity contribution in [1.82, 2.24) is 15.2 Å². The maximum atomic E-state index is 5.43. The summed E-state index contributed by atoms with van der Waals surface area (Å²) in [7, 11) is 2.16. The zero-order valence-electron chi connectivity index (χ0n) is 19.2. The number of aromatic nitrogens is 1. The van der Waals surface area contributed by atoms with E-state index in [2.05, 4.69) is 53.1 Å². The smallest absolute Gasteiger partial charge is 0.193 e. The fraction of sp³-hybridized carbons (Fsp3) is 0.583. The van der Waals surface area contributed by atoms with Crippen LogP contribution < -0.4 is 10.2 Å². The van der Waals surface area contributed by atoms with Gasteiger partial charge in [0.05, 0.1) is 6.26 Å². The van der Waals surface area contributed by atoms with E-state index in [-0.39, 0.29) is 24.0 Å². The molecular formula is C24H38IN5O. The Labute approximate surface area is 204 Å². The molecule has 0 radical (unpaired) electrons. The lowest BCUT2D eigenvalue weighted by Gasteiger charge is -2.34. The molecule has 0 spiro atoms. The second-order valence-electron chi connectivity index (χ2n) is 8.33. The molecule has 31 heavy (non-hydrogen) atoms. The Morgan fingerprint density at radius 3 is 2.68 bits per heavy atom. The number of aliphatic imine (C=N–C) groups is 1. The summed E-state index contributed by atoms with van der Waals surface area (Å²) in [5, 5.41) is 3.59. The van der Waals surface area contributed by atoms with E-state index in [1.807, 2.05) is 24.5 Å². The van der Waals surface area contributed by atoms with Crippen LogP contribution in [-0.2, 0) is 6.42 Å². The monoisotopic (exact) mass is 539 g/mol. The standard InChI is InChI=1S/C24H37N5O.HI/c1-4-20(2)27-24(26-15-9-23-6-5-19-30-23)28(3)16-10-21-11-17-29(18-12-21)22-7-13-25-14-8-22;/h5-8,13-14,19-21H,4,9-12,15-18H2,1-3H3,(H,26,27);1H. The van der Waals surface area contributed by atoms with Gasteiger partial charge in [-0.3, -0.25) is 9.98 Å². The molecular weight excluding hydrogens is 501 g/mol. The summed E-state index contributed by atoms with van der Waals surface area (Å²) in [4.78, 5) is 13.8. The minimum atomic E-state index is 0. The molecule has 0 aliphatic carbocycles. The first-order valence-corrected chi connectivity index (χ1v) is 11.3. The third-order valence-electron chi connectivity index (χ3n) is 6.06. The first-order valence-electron chi connectivity index (χ1n) is 11.3. The molecule has 1 atom stereocenters. The quantitative estimate of drug-likeness (QED) is 0.282. The number of halogens is 1. The number of hydrogen-bond donors (Lipinski definition) is 1. The van der Waals surface area contributed by atoms with Crippen LogP contribution in [0.5, 0.6) is 0 Å². The fourth-order valence-electron chi connectivity index (χ4n) is 3.84. The van der Waals surface area contributed by atoms with Gasteiger partial charge < -0.3 is 19.5 Å². The van der Waals surface area contributed by atoms with Gasteiger partial charge >= 0.3 is 0 Å². The second kappa shape index (κ2) is 13.6. The number of piperidine rings is 1. The van der Waals surface area contributed by atoms with Crippen molar-refractivity contribution in [3.8, 4) is 0 Å². The highest BCUT2D eigenvalue weighted by atomic mass is 127. The van der Waals surface area contributed by atoms with Gasteiger partial charge in [0.2, 0.25) is 0 Å². The molecule has 6 nitrogen and oxygen atoms in total. The van der Waals surface area contributed by atoms with E-state index in [1.54, 1.807) is 6.26 Å². The van der Waals surface area contributed by atoms with E-state index in [0.29, 0.717) is 6.04 Å². The molecule has 7 heteroatoms. The molecule has 1 fully saturated rings. The Bertz CT molecular complexity index is 745. The van der Waals surface area contributed by atoms with Crippen LogP contribution in [0.4, 0.5) is 5.69 Å². The molecule has 1 unspecified atom stereocenters. The minimum Gasteiger partial charge on any atom is -0.469 e. The predicted molar refractivity (Wildman–Crippen MR) is 139 cm³/mol. The number of guanidine groups is 1. The van der Waals surface area contributed by atoms with Crippen LogP contribution in [0.15, 0.2) is 52.3 Å². The summed E-state index contributed by atoms with van der Waals surface area (Å²) in [6.45, 7) is 8.45. The molecule has 0 aromatic carbocycles. The zero-order chi connectivity index (χ0) is 21.2. The SMILES string of the molecule is CCC(C)NC(=NCCc1ccco1)N(C)CCC1CCN(c2ccncc2)CC1.I. The molecule has 3 heterocycles. The second-order valence-corrected chi connectivity index (χ2v) is 8.33. The lowest BCUT2D eigenvalue weighted by Crippen LogP contribution is -2.44. The van der Waals surface area contributed by atoms with Crippen LogP contribution in [0.2, 0.25) is 0 Å². The van der Waals surface area contributed by atoms with Gasteiger partial charge in [-0.15, -0.1) is 24.0 Å². The van der Waals surface area contributed by atoms with Crippen LogP contribution in [0, 0.1) is 5.92 Å². The predicted octanol–water partition coefficient (Wildman–Crippen LogP) is 4.82. The maximum Gasteiger partial charge on any atom is 0.193 e. The van der Waals surface area contributed by atoms with Crippen LogP contribution in [0.1, 0.15) is 45.3 Å². The molecule has 2 aromatic rings. The van der Waals surface area contributed by atoms with Crippen LogP contribution in [0.3, 0.4) is 0 Å². The van der Waals surface area contributed by atoms with Crippen molar-refractivity contribution in [2.24, 2.45) is 10.9 Å². The van der Waals surface area contributed by atoms with Crippen LogP contribution in [0.25, 0.3) is 0 Å². The van der Waals surface area contributed by atoms with Gasteiger partial charge in [-0.2, -0.15) is 0 Å². The highest BCUT2D eigenvalue weighted by Gasteiger charge is 2.20. The Morgan fingerprint density at radius 2 is 2.03 bits per heavy atom. The first kappa shape index (κ1) is 25.5. The van der Waals surface area contributed by atoms with E-state index in [4.69, 9.17) is 9.41 Å². The average Bonchev–Trinajstić information content (AvgIpc) is 3.31. The van der Waals surface area contributed by atoms with Gasteiger partial charge in [-0.1, -0.05) is 6.92 Å². The summed E-state index contributed by atoms with van der Waals surface area (Å²) in [6, 6.07) is 8.58. The molecule has 1 saturated heterocycles. The number of hydrogen-bond acceptors (Lipinski definition) is 4. The minimum absolute atomic E-state index is 0. The highest BCUT2D eigenvalue weighted by Crippen LogP contribution is 2.24. The molecule has 0 amide bonds. The molecule has 2 aromatic heterocycles. The fourth-order valence-corrected chi connectivity index (χ4v) is 3.84. The van der Waals surface area contributed by atoms with Gasteiger partial charge in [0, 0.05) is 63.8 Å². The van der Waals surface area contributed by atoms with E-state index >= 15 is 0 Å². The van der Waals surface area contributed by atoms with E-state index < -0.39 is 0 Å². The third kappa shape index (κ3) is 8.35. The number of pyridine rings is 1. The summed E-state index contributed by atoms with van der Waals surface area (Å²) >= 11 is 0. The average molecular weight is 540 g/mol. The molecule has 0 bridgehead atoms. The van der Waals surface area contributed by atoms with Gasteiger partial charge in [0.25, 0.3) is 0 Å². The van der Waals surface area contributed by atoms with Crippen molar-refractivity contribution in [2.75, 3.05) is 38.1 Å². The van der Waals surface area contributed by atoms with Crippen LogP contribution >= 0.6 is 24.0 Å². The zero-order valence-corrected chi connectivity index (χ0v) is 21.5. The largest absolute Gasteiger partial charge is 0.469 e. The Hall–Kier alpha value is -1.77. The van der Waals surface area contributed by atoms with Crippen molar-refractivity contribution >= 4 is 35.6 Å². The van der Waals surface area contributed by atoms with Gasteiger partial charge in [-0.25, -0.2) is 0 Å². The Kier molecular flexibility index (Phi) is 11.2. The number of rotatable bonds is 9. The molecule has 0 saturated carbocycles. The highest BCUT2D eigenvalue weighted by molar-refractivity contribution is 14.0. The van der Waals surface area contributed by atoms with Crippen molar-refractivity contribution in [3.63, 3.8) is 0 Å². The summed E-state index contributed by atoms with van der Waals surface area (Å²) in [6.07, 6.45) is 11.1. The summed E-state index contributed by atoms with van der Waals surface area (Å²) in [5.74, 6) is 2.77. The molecule has 1 N–H and O–H groups in total. The van der Waals surface area contributed by atoms with Crippen molar-refractivity contribution in [2.45, 2.75) is 52.0 Å². The van der Waals surface area contributed by atoms with E-state index in [0.717, 1.165) is 56.7 Å². The summed E-state index contributed by atoms with van der Waals surface area (Å²) < 4.78 is 5.43. The molecule has 1 aliphatic heterocycles. The number of furan rings is 1. The van der Waals surface area contributed by atoms with E-state index in [9.17, 15) is 0 Å². The van der Waals surface area contributed by atoms with Gasteiger partial charge in [-0.05, 0) is 62.8 Å². The Balaban J connectivity index is 0.00000341. The van der Waals surface area contributed by atoms with Gasteiger partial charge in [0.1, 0.15) is 5.76 Å². The molecule has 1 aliphatic rings. The number of nitrogens with one attached hydrogen (secondary N) is 1. The number of nitrogens with zero attached hydrogens (tertiary/aromatic N) is 4. The lowest BCUT2D eigenvalue weighted by atomic mass is 9.93. The number of anilines is 1. The van der Waals surface area contributed by atoms with Crippen molar-refractivity contribution in [3.05, 3.63) is 48.7 Å². The third-order valence-corrected chi connectivity index (χ3v) is 6.06. The maximum absolute atomic E-state index is 5.43.